The van der Waals surface area contributed by atoms with Crippen LogP contribution in [0.15, 0.2) is 77.7 Å². The van der Waals surface area contributed by atoms with Crippen LogP contribution < -0.4 is 0 Å². The fraction of sp³-hybridized carbons (Fsp3) is 0.105. The van der Waals surface area contributed by atoms with E-state index in [1.54, 1.807) is 36.4 Å². The summed E-state index contributed by atoms with van der Waals surface area (Å²) in [7, 11) is -4.18. The Hall–Kier alpha value is -2.87. The van der Waals surface area contributed by atoms with Crippen molar-refractivity contribution in [2.45, 2.75) is 10.4 Å². The molecule has 0 aliphatic rings. The molecule has 2 aromatic carbocycles. The van der Waals surface area contributed by atoms with Crippen molar-refractivity contribution in [3.8, 4) is 0 Å². The minimum Gasteiger partial charge on any atom is -0.466 e. The molecule has 0 saturated heterocycles. The number of carbonyl (C=O) groups excluding carboxylic acids is 1. The molecular formula is C19H15F3O4S. The Labute approximate surface area is 154 Å². The zero-order valence-electron chi connectivity index (χ0n) is 14.1. The molecule has 142 valence electrons. The van der Waals surface area contributed by atoms with Crippen LogP contribution in [0.4, 0.5) is 13.2 Å². The Bertz CT molecular complexity index is 958. The minimum atomic E-state index is -5.41. The molecule has 0 radical (unpaired) electrons. The van der Waals surface area contributed by atoms with Crippen LogP contribution in [0.5, 0.6) is 0 Å². The number of halogens is 3. The van der Waals surface area contributed by atoms with Gasteiger partial charge >= 0.3 is 11.5 Å². The quantitative estimate of drug-likeness (QED) is 0.433. The number of benzene rings is 2. The van der Waals surface area contributed by atoms with Crippen molar-refractivity contribution < 1.29 is 31.1 Å². The number of methoxy groups -OCH3 is 1. The number of alkyl halides is 3. The van der Waals surface area contributed by atoms with E-state index >= 15 is 0 Å². The second-order valence-corrected chi connectivity index (χ2v) is 7.24. The van der Waals surface area contributed by atoms with Crippen LogP contribution in [0.25, 0.3) is 5.57 Å². The van der Waals surface area contributed by atoms with Crippen LogP contribution in [0.3, 0.4) is 0 Å². The van der Waals surface area contributed by atoms with Crippen molar-refractivity contribution in [2.24, 2.45) is 0 Å². The molecule has 0 aliphatic carbocycles. The SMILES string of the molecule is COC(=O)/C=C/C=C(/c1ccccc1)c1ccc(S(=O)(=O)C(F)(F)F)cc1. The van der Waals surface area contributed by atoms with E-state index in [0.717, 1.165) is 17.7 Å². The third-order valence-electron chi connectivity index (χ3n) is 3.56. The zero-order chi connectivity index (χ0) is 20.1. The lowest BCUT2D eigenvalue weighted by Gasteiger charge is -2.11. The maximum Gasteiger partial charge on any atom is 0.501 e. The number of ether oxygens (including phenoxy) is 1. The van der Waals surface area contributed by atoms with Crippen LogP contribution in [0, 0.1) is 0 Å². The number of esters is 1. The van der Waals surface area contributed by atoms with Crippen molar-refractivity contribution >= 4 is 21.4 Å². The topological polar surface area (TPSA) is 60.4 Å². The summed E-state index contributed by atoms with van der Waals surface area (Å²) in [5.41, 5.74) is -3.56. The largest absolute Gasteiger partial charge is 0.501 e. The summed E-state index contributed by atoms with van der Waals surface area (Å²) < 4.78 is 65.5. The lowest BCUT2D eigenvalue weighted by molar-refractivity contribution is -0.134. The number of sulfone groups is 1. The Morgan fingerprint density at radius 1 is 0.963 bits per heavy atom. The normalized spacial score (nSPS) is 13.0. The van der Waals surface area contributed by atoms with Crippen LogP contribution in [-0.2, 0) is 19.4 Å². The highest BCUT2D eigenvalue weighted by Crippen LogP contribution is 2.31. The average Bonchev–Trinajstić information content (AvgIpc) is 2.65. The van der Waals surface area contributed by atoms with E-state index in [-0.39, 0.29) is 0 Å². The number of carbonyl (C=O) groups is 1. The lowest BCUT2D eigenvalue weighted by Crippen LogP contribution is -2.23. The zero-order valence-corrected chi connectivity index (χ0v) is 14.9. The predicted octanol–water partition coefficient (Wildman–Crippen LogP) is 4.14. The molecule has 0 fully saturated rings. The Kier molecular flexibility index (Phi) is 6.22. The molecular weight excluding hydrogens is 381 g/mol. The Balaban J connectivity index is 2.47. The van der Waals surface area contributed by atoms with Gasteiger partial charge in [0.05, 0.1) is 12.0 Å². The smallest absolute Gasteiger partial charge is 0.466 e. The van der Waals surface area contributed by atoms with Crippen molar-refractivity contribution in [1.82, 2.24) is 0 Å². The number of hydrogen-bond acceptors (Lipinski definition) is 4. The number of hydrogen-bond donors (Lipinski definition) is 0. The molecule has 0 aromatic heterocycles. The third-order valence-corrected chi connectivity index (χ3v) is 5.06. The van der Waals surface area contributed by atoms with Gasteiger partial charge in [0.1, 0.15) is 0 Å². The second kappa shape index (κ2) is 8.22. The van der Waals surface area contributed by atoms with Crippen LogP contribution in [0.1, 0.15) is 11.1 Å². The number of rotatable bonds is 5. The summed E-state index contributed by atoms with van der Waals surface area (Å²) in [6.45, 7) is 0. The van der Waals surface area contributed by atoms with E-state index in [1.807, 2.05) is 0 Å². The fourth-order valence-electron chi connectivity index (χ4n) is 2.22. The van der Waals surface area contributed by atoms with Gasteiger partial charge in [-0.3, -0.25) is 0 Å². The molecule has 2 rings (SSSR count). The summed E-state index contributed by atoms with van der Waals surface area (Å²) >= 11 is 0. The first-order chi connectivity index (χ1) is 12.7. The van der Waals surface area contributed by atoms with Crippen molar-refractivity contribution in [2.75, 3.05) is 7.11 Å². The van der Waals surface area contributed by atoms with Gasteiger partial charge in [-0.2, -0.15) is 13.2 Å². The summed E-state index contributed by atoms with van der Waals surface area (Å²) in [4.78, 5) is 10.4. The third kappa shape index (κ3) is 4.85. The second-order valence-electron chi connectivity index (χ2n) is 5.30. The predicted molar refractivity (Wildman–Crippen MR) is 94.4 cm³/mol. The molecule has 27 heavy (non-hydrogen) atoms. The highest BCUT2D eigenvalue weighted by Gasteiger charge is 2.46. The molecule has 0 spiro atoms. The van der Waals surface area contributed by atoms with E-state index in [0.29, 0.717) is 11.1 Å². The van der Waals surface area contributed by atoms with Gasteiger partial charge in [-0.05, 0) is 28.8 Å². The summed E-state index contributed by atoms with van der Waals surface area (Å²) in [5.74, 6) is -0.565. The maximum absolute atomic E-state index is 12.7. The summed E-state index contributed by atoms with van der Waals surface area (Å²) in [6, 6.07) is 13.3. The van der Waals surface area contributed by atoms with Gasteiger partial charge in [-0.25, -0.2) is 13.2 Å². The molecule has 0 saturated carbocycles. The fourth-order valence-corrected chi connectivity index (χ4v) is 2.98. The highest BCUT2D eigenvalue weighted by atomic mass is 32.2. The molecule has 8 heteroatoms. The highest BCUT2D eigenvalue weighted by molar-refractivity contribution is 7.92. The number of allylic oxidation sites excluding steroid dienone is 2. The van der Waals surface area contributed by atoms with Gasteiger partial charge in [-0.1, -0.05) is 54.6 Å². The Morgan fingerprint density at radius 3 is 2.04 bits per heavy atom. The van der Waals surface area contributed by atoms with Crippen LogP contribution in [0.2, 0.25) is 0 Å². The van der Waals surface area contributed by atoms with Gasteiger partial charge in [0, 0.05) is 6.08 Å². The van der Waals surface area contributed by atoms with E-state index in [9.17, 15) is 26.4 Å². The van der Waals surface area contributed by atoms with Gasteiger partial charge in [0.2, 0.25) is 0 Å². The van der Waals surface area contributed by atoms with Crippen molar-refractivity contribution in [1.29, 1.82) is 0 Å². The van der Waals surface area contributed by atoms with E-state index in [2.05, 4.69) is 4.74 Å². The molecule has 0 aliphatic heterocycles. The monoisotopic (exact) mass is 396 g/mol. The Morgan fingerprint density at radius 2 is 1.52 bits per heavy atom. The molecule has 0 unspecified atom stereocenters. The molecule has 0 bridgehead atoms. The molecule has 0 amide bonds. The maximum atomic E-state index is 12.7. The molecule has 0 N–H and O–H groups in total. The molecule has 2 aromatic rings. The lowest BCUT2D eigenvalue weighted by atomic mass is 9.97. The first-order valence-electron chi connectivity index (χ1n) is 7.60. The van der Waals surface area contributed by atoms with E-state index < -0.39 is 26.2 Å². The van der Waals surface area contributed by atoms with Crippen molar-refractivity contribution in [3.63, 3.8) is 0 Å². The summed E-state index contributed by atoms with van der Waals surface area (Å²) in [6.07, 6.45) is 4.21. The van der Waals surface area contributed by atoms with Gasteiger partial charge in [0.25, 0.3) is 9.84 Å². The van der Waals surface area contributed by atoms with E-state index in [4.69, 9.17) is 0 Å². The van der Waals surface area contributed by atoms with Crippen LogP contribution in [-0.4, -0.2) is 27.0 Å². The minimum absolute atomic E-state index is 0.483. The van der Waals surface area contributed by atoms with Crippen LogP contribution >= 0.6 is 0 Å². The summed E-state index contributed by atoms with van der Waals surface area (Å²) in [5, 5.41) is 0. The average molecular weight is 396 g/mol. The van der Waals surface area contributed by atoms with Crippen molar-refractivity contribution in [3.05, 3.63) is 84.0 Å². The van der Waals surface area contributed by atoms with Gasteiger partial charge < -0.3 is 4.74 Å². The van der Waals surface area contributed by atoms with Gasteiger partial charge in [-0.15, -0.1) is 0 Å². The first kappa shape index (κ1) is 20.4. The molecule has 0 atom stereocenters. The van der Waals surface area contributed by atoms with E-state index in [1.165, 1.54) is 31.4 Å². The first-order valence-corrected chi connectivity index (χ1v) is 9.08. The van der Waals surface area contributed by atoms with Gasteiger partial charge in [0.15, 0.2) is 0 Å². The molecule has 0 heterocycles. The molecule has 4 nitrogen and oxygen atoms in total. The standard InChI is InChI=1S/C19H15F3O4S/c1-26-18(23)9-5-8-17(14-6-3-2-4-7-14)15-10-12-16(13-11-15)27(24,25)19(20,21)22/h2-13H,1H3/b9-5+,17-8-.